The Balaban J connectivity index is 2.33. The molecule has 2 heteroatoms. The molecule has 3 atom stereocenters. The number of hydrogen-bond donors (Lipinski definition) is 1. The van der Waals surface area contributed by atoms with Crippen LogP contribution in [-0.4, -0.2) is 30.6 Å². The Hall–Kier alpha value is -0.0800. The van der Waals surface area contributed by atoms with E-state index in [9.17, 15) is 0 Å². The molecule has 0 aliphatic heterocycles. The van der Waals surface area contributed by atoms with Crippen molar-refractivity contribution >= 4 is 0 Å². The van der Waals surface area contributed by atoms with Gasteiger partial charge < -0.3 is 10.6 Å². The fourth-order valence-corrected chi connectivity index (χ4v) is 2.75. The van der Waals surface area contributed by atoms with E-state index in [1.807, 2.05) is 0 Å². The molecular formula is C13H28N2. The summed E-state index contributed by atoms with van der Waals surface area (Å²) in [7, 11) is 2.30. The van der Waals surface area contributed by atoms with Gasteiger partial charge in [-0.05, 0) is 52.1 Å². The summed E-state index contributed by atoms with van der Waals surface area (Å²) in [6.45, 7) is 5.57. The molecule has 1 fully saturated rings. The van der Waals surface area contributed by atoms with Gasteiger partial charge in [-0.25, -0.2) is 0 Å². The highest BCUT2D eigenvalue weighted by atomic mass is 15.2. The molecule has 90 valence electrons. The van der Waals surface area contributed by atoms with E-state index in [0.29, 0.717) is 6.04 Å². The van der Waals surface area contributed by atoms with Gasteiger partial charge in [-0.1, -0.05) is 19.8 Å². The second-order valence-electron chi connectivity index (χ2n) is 5.37. The van der Waals surface area contributed by atoms with Crippen LogP contribution in [0.15, 0.2) is 0 Å². The third-order valence-electron chi connectivity index (χ3n) is 4.01. The molecule has 2 nitrogen and oxygen atoms in total. The second kappa shape index (κ2) is 6.49. The van der Waals surface area contributed by atoms with Crippen LogP contribution < -0.4 is 5.73 Å². The van der Waals surface area contributed by atoms with Crippen LogP contribution >= 0.6 is 0 Å². The normalized spacial score (nSPS) is 29.4. The molecule has 0 aromatic carbocycles. The van der Waals surface area contributed by atoms with Crippen LogP contribution in [0, 0.1) is 5.92 Å². The van der Waals surface area contributed by atoms with Crippen molar-refractivity contribution in [3.8, 4) is 0 Å². The molecule has 0 saturated heterocycles. The Kier molecular flexibility index (Phi) is 5.62. The minimum Gasteiger partial charge on any atom is -0.330 e. The summed E-state index contributed by atoms with van der Waals surface area (Å²) in [5.41, 5.74) is 5.56. The summed E-state index contributed by atoms with van der Waals surface area (Å²) in [6, 6.07) is 1.52. The van der Waals surface area contributed by atoms with Crippen molar-refractivity contribution < 1.29 is 0 Å². The molecule has 15 heavy (non-hydrogen) atoms. The van der Waals surface area contributed by atoms with Gasteiger partial charge in [0.15, 0.2) is 0 Å². The Bertz CT molecular complexity index is 170. The lowest BCUT2D eigenvalue weighted by Crippen LogP contribution is -2.41. The lowest BCUT2D eigenvalue weighted by molar-refractivity contribution is 0.120. The van der Waals surface area contributed by atoms with Gasteiger partial charge in [0.1, 0.15) is 0 Å². The predicted octanol–water partition coefficient (Wildman–Crippen LogP) is 2.62. The van der Waals surface area contributed by atoms with Crippen molar-refractivity contribution in [2.45, 2.75) is 64.5 Å². The molecule has 1 rings (SSSR count). The summed E-state index contributed by atoms with van der Waals surface area (Å²) in [5, 5.41) is 0. The molecule has 1 aliphatic carbocycles. The Morgan fingerprint density at radius 3 is 2.73 bits per heavy atom. The van der Waals surface area contributed by atoms with Gasteiger partial charge in [-0.3, -0.25) is 0 Å². The first-order valence-electron chi connectivity index (χ1n) is 6.57. The summed E-state index contributed by atoms with van der Waals surface area (Å²) in [5.74, 6) is 0.924. The third kappa shape index (κ3) is 4.12. The monoisotopic (exact) mass is 212 g/mol. The molecule has 2 N–H and O–H groups in total. The maximum Gasteiger partial charge on any atom is 0.00975 e. The van der Waals surface area contributed by atoms with Gasteiger partial charge in [0.2, 0.25) is 0 Å². The van der Waals surface area contributed by atoms with Crippen LogP contribution in [0.4, 0.5) is 0 Å². The molecule has 0 amide bonds. The van der Waals surface area contributed by atoms with E-state index in [4.69, 9.17) is 5.73 Å². The van der Waals surface area contributed by atoms with Crippen LogP contribution in [0.3, 0.4) is 0 Å². The van der Waals surface area contributed by atoms with Crippen LogP contribution in [-0.2, 0) is 0 Å². The maximum atomic E-state index is 5.56. The highest BCUT2D eigenvalue weighted by Gasteiger charge is 2.24. The van der Waals surface area contributed by atoms with E-state index < -0.39 is 0 Å². The quantitative estimate of drug-likeness (QED) is 0.759. The number of hydrogen-bond acceptors (Lipinski definition) is 2. The van der Waals surface area contributed by atoms with Gasteiger partial charge in [-0.15, -0.1) is 0 Å². The summed E-state index contributed by atoms with van der Waals surface area (Å²) in [4.78, 5) is 2.59. The molecule has 0 radical (unpaired) electrons. The van der Waals surface area contributed by atoms with Crippen molar-refractivity contribution in [3.63, 3.8) is 0 Å². The molecule has 0 spiro atoms. The smallest absolute Gasteiger partial charge is 0.00975 e. The first-order chi connectivity index (χ1) is 7.15. The van der Waals surface area contributed by atoms with Gasteiger partial charge in [0, 0.05) is 12.1 Å². The minimum atomic E-state index is 0.698. The van der Waals surface area contributed by atoms with Crippen LogP contribution in [0.25, 0.3) is 0 Å². The first-order valence-corrected chi connectivity index (χ1v) is 6.57. The largest absolute Gasteiger partial charge is 0.330 e. The number of nitrogens with two attached hydrogens (primary N) is 1. The van der Waals surface area contributed by atoms with Crippen LogP contribution in [0.1, 0.15) is 52.4 Å². The fourth-order valence-electron chi connectivity index (χ4n) is 2.75. The van der Waals surface area contributed by atoms with Crippen molar-refractivity contribution in [1.29, 1.82) is 0 Å². The fraction of sp³-hybridized carbons (Fsp3) is 1.00. The van der Waals surface area contributed by atoms with Gasteiger partial charge in [0.05, 0.1) is 0 Å². The van der Waals surface area contributed by atoms with E-state index in [1.54, 1.807) is 0 Å². The van der Waals surface area contributed by atoms with E-state index in [1.165, 1.54) is 32.1 Å². The summed E-state index contributed by atoms with van der Waals surface area (Å²) < 4.78 is 0. The van der Waals surface area contributed by atoms with Crippen molar-refractivity contribution in [2.24, 2.45) is 11.7 Å². The average molecular weight is 212 g/mol. The highest BCUT2D eigenvalue weighted by Crippen LogP contribution is 2.28. The van der Waals surface area contributed by atoms with E-state index >= 15 is 0 Å². The zero-order valence-electron chi connectivity index (χ0n) is 10.7. The molecule has 0 aromatic rings. The second-order valence-corrected chi connectivity index (χ2v) is 5.37. The Morgan fingerprint density at radius 1 is 1.40 bits per heavy atom. The SMILES string of the molecule is CC1CCCC(N(C)C(C)CCCN)C1. The zero-order chi connectivity index (χ0) is 11.3. The standard InChI is InChI=1S/C13H28N2/c1-11-6-4-8-13(10-11)15(3)12(2)7-5-9-14/h11-13H,4-10,14H2,1-3H3. The molecule has 3 unspecified atom stereocenters. The average Bonchev–Trinajstić information content (AvgIpc) is 2.24. The Labute approximate surface area is 95.2 Å². The van der Waals surface area contributed by atoms with Crippen molar-refractivity contribution in [2.75, 3.05) is 13.6 Å². The lowest BCUT2D eigenvalue weighted by Gasteiger charge is -2.37. The van der Waals surface area contributed by atoms with Crippen LogP contribution in [0.5, 0.6) is 0 Å². The molecule has 0 bridgehead atoms. The molecule has 0 heterocycles. The Morgan fingerprint density at radius 2 is 2.13 bits per heavy atom. The number of rotatable bonds is 5. The lowest BCUT2D eigenvalue weighted by atomic mass is 9.86. The van der Waals surface area contributed by atoms with Crippen LogP contribution in [0.2, 0.25) is 0 Å². The summed E-state index contributed by atoms with van der Waals surface area (Å²) in [6.07, 6.45) is 8.05. The topological polar surface area (TPSA) is 29.3 Å². The summed E-state index contributed by atoms with van der Waals surface area (Å²) >= 11 is 0. The molecule has 0 aromatic heterocycles. The van der Waals surface area contributed by atoms with Gasteiger partial charge >= 0.3 is 0 Å². The first kappa shape index (κ1) is 13.0. The highest BCUT2D eigenvalue weighted by molar-refractivity contribution is 4.79. The van der Waals surface area contributed by atoms with E-state index in [0.717, 1.165) is 24.9 Å². The third-order valence-corrected chi connectivity index (χ3v) is 4.01. The van der Waals surface area contributed by atoms with Gasteiger partial charge in [0.25, 0.3) is 0 Å². The number of nitrogens with zero attached hydrogens (tertiary/aromatic N) is 1. The van der Waals surface area contributed by atoms with Crippen molar-refractivity contribution in [3.05, 3.63) is 0 Å². The minimum absolute atomic E-state index is 0.698. The molecule has 1 saturated carbocycles. The molecule has 1 aliphatic rings. The van der Waals surface area contributed by atoms with E-state index in [2.05, 4.69) is 25.8 Å². The van der Waals surface area contributed by atoms with Gasteiger partial charge in [-0.2, -0.15) is 0 Å². The molecular weight excluding hydrogens is 184 g/mol. The maximum absolute atomic E-state index is 5.56. The van der Waals surface area contributed by atoms with Crippen molar-refractivity contribution in [1.82, 2.24) is 4.90 Å². The zero-order valence-corrected chi connectivity index (χ0v) is 10.7. The van der Waals surface area contributed by atoms with E-state index in [-0.39, 0.29) is 0 Å². The predicted molar refractivity (Wildman–Crippen MR) is 66.9 cm³/mol.